The van der Waals surface area contributed by atoms with Gasteiger partial charge >= 0.3 is 0 Å². The highest BCUT2D eigenvalue weighted by atomic mass is 19.3. The quantitative estimate of drug-likeness (QED) is 0.497. The van der Waals surface area contributed by atoms with Crippen molar-refractivity contribution in [3.8, 4) is 11.3 Å². The van der Waals surface area contributed by atoms with Gasteiger partial charge in [-0.15, -0.1) is 0 Å². The smallest absolute Gasteiger partial charge is 0.290 e. The molecule has 0 bridgehead atoms. The lowest BCUT2D eigenvalue weighted by Crippen LogP contribution is -2.27. The first kappa shape index (κ1) is 23.6. The molecule has 33 heavy (non-hydrogen) atoms. The van der Waals surface area contributed by atoms with Gasteiger partial charge in [0.15, 0.2) is 5.82 Å². The van der Waals surface area contributed by atoms with Crippen LogP contribution in [0.1, 0.15) is 16.8 Å². The molecule has 12 heteroatoms. The average Bonchev–Trinajstić information content (AvgIpc) is 3.44. The van der Waals surface area contributed by atoms with Crippen LogP contribution in [0.2, 0.25) is 0 Å². The van der Waals surface area contributed by atoms with Crippen LogP contribution in [0.4, 0.5) is 26.1 Å². The molecule has 3 aromatic rings. The van der Waals surface area contributed by atoms with E-state index in [2.05, 4.69) is 25.5 Å². The predicted octanol–water partition coefficient (Wildman–Crippen LogP) is 2.73. The van der Waals surface area contributed by atoms with Gasteiger partial charge in [0.25, 0.3) is 18.3 Å². The van der Waals surface area contributed by atoms with E-state index >= 15 is 0 Å². The van der Waals surface area contributed by atoms with Gasteiger partial charge in [0.05, 0.1) is 23.5 Å². The van der Waals surface area contributed by atoms with E-state index in [0.29, 0.717) is 34.1 Å². The highest BCUT2D eigenvalue weighted by Crippen LogP contribution is 2.38. The Balaban J connectivity index is 0.000000968. The molecule has 0 saturated carbocycles. The van der Waals surface area contributed by atoms with E-state index in [1.165, 1.54) is 17.3 Å². The number of nitrogens with zero attached hydrogens (tertiary/aromatic N) is 5. The molecule has 4 heterocycles. The Morgan fingerprint density at radius 2 is 2.00 bits per heavy atom. The molecule has 1 saturated heterocycles. The summed E-state index contributed by atoms with van der Waals surface area (Å²) in [6.07, 6.45) is 4.33. The number of hydrogen-bond acceptors (Lipinski definition) is 7. The third-order valence-electron chi connectivity index (χ3n) is 4.90. The second-order valence-corrected chi connectivity index (χ2v) is 7.41. The normalized spacial score (nSPS) is 14.2. The number of halogens is 2. The second-order valence-electron chi connectivity index (χ2n) is 7.41. The molecule has 0 atom stereocenters. The van der Waals surface area contributed by atoms with Gasteiger partial charge in [-0.1, -0.05) is 0 Å². The van der Waals surface area contributed by atoms with Crippen molar-refractivity contribution in [3.63, 3.8) is 0 Å². The van der Waals surface area contributed by atoms with Crippen LogP contribution in [0.25, 0.3) is 11.3 Å². The van der Waals surface area contributed by atoms with Crippen molar-refractivity contribution in [2.45, 2.75) is 12.3 Å². The van der Waals surface area contributed by atoms with E-state index in [1.54, 1.807) is 30.5 Å². The fourth-order valence-electron chi connectivity index (χ4n) is 3.33. The Kier molecular flexibility index (Phi) is 7.16. The Bertz CT molecular complexity index is 1090. The van der Waals surface area contributed by atoms with Gasteiger partial charge in [-0.3, -0.25) is 14.7 Å². The van der Waals surface area contributed by atoms with Gasteiger partial charge in [0.1, 0.15) is 5.82 Å². The molecule has 174 valence electrons. The van der Waals surface area contributed by atoms with Crippen molar-refractivity contribution in [1.82, 2.24) is 20.2 Å². The Morgan fingerprint density at radius 3 is 2.55 bits per heavy atom. The number of H-pyrrole nitrogens is 1. The molecule has 1 aliphatic rings. The van der Waals surface area contributed by atoms with Crippen molar-refractivity contribution in [3.05, 3.63) is 48.4 Å². The molecular formula is C21H23F2N7O3. The maximum atomic E-state index is 13.8. The van der Waals surface area contributed by atoms with Crippen LogP contribution in [0, 0.1) is 0 Å². The number of pyridine rings is 2. The minimum Gasteiger partial charge on any atom is -0.483 e. The summed E-state index contributed by atoms with van der Waals surface area (Å²) in [5.74, 6) is -2.19. The average molecular weight is 459 g/mol. The summed E-state index contributed by atoms with van der Waals surface area (Å²) in [5.41, 5.74) is 1.94. The van der Waals surface area contributed by atoms with Crippen LogP contribution in [0.15, 0.2) is 42.9 Å². The lowest BCUT2D eigenvalue weighted by Gasteiger charge is -2.22. The third-order valence-corrected chi connectivity index (χ3v) is 4.90. The minimum absolute atomic E-state index is 0.147. The number of carbonyl (C=O) groups excluding carboxylic acids is 1. The van der Waals surface area contributed by atoms with Crippen LogP contribution in [0.5, 0.6) is 0 Å². The Morgan fingerprint density at radius 1 is 1.24 bits per heavy atom. The fraction of sp³-hybridized carbons (Fsp3) is 0.286. The summed E-state index contributed by atoms with van der Waals surface area (Å²) in [7, 11) is 3.71. The fourth-order valence-corrected chi connectivity index (χ4v) is 3.33. The lowest BCUT2D eigenvalue weighted by atomic mass is 10.1. The zero-order valence-electron chi connectivity index (χ0n) is 18.0. The number of amides is 1. The molecule has 0 unspecified atom stereocenters. The first-order valence-electron chi connectivity index (χ1n) is 9.90. The molecule has 1 amide bonds. The summed E-state index contributed by atoms with van der Waals surface area (Å²) < 4.78 is 27.7. The monoisotopic (exact) mass is 459 g/mol. The summed E-state index contributed by atoms with van der Waals surface area (Å²) in [4.78, 5) is 33.2. The van der Waals surface area contributed by atoms with E-state index in [4.69, 9.17) is 9.90 Å². The van der Waals surface area contributed by atoms with Crippen LogP contribution >= 0.6 is 0 Å². The van der Waals surface area contributed by atoms with Crippen molar-refractivity contribution in [1.29, 1.82) is 0 Å². The van der Waals surface area contributed by atoms with Crippen LogP contribution < -0.4 is 15.1 Å². The standard InChI is InChI=1S/C20H21F2N7O.CH2O2/c1-28(2)16-4-3-13(11-24-16)19(30)26-17-14(15-6-9-25-27-15)5-8-23-18(17)29-10-7-20(21,22)12-29;2-1-3/h3-6,8-9,11H,7,10,12H2,1-2H3,(H,25,27)(H,26,30);1H,(H,2,3). The van der Waals surface area contributed by atoms with Gasteiger partial charge in [0.2, 0.25) is 0 Å². The Hall–Kier alpha value is -4.09. The summed E-state index contributed by atoms with van der Waals surface area (Å²) in [6, 6.07) is 6.83. The van der Waals surface area contributed by atoms with Gasteiger partial charge in [-0.05, 0) is 24.3 Å². The Labute approximate surface area is 188 Å². The van der Waals surface area contributed by atoms with E-state index in [1.807, 2.05) is 19.0 Å². The topological polar surface area (TPSA) is 127 Å². The number of rotatable bonds is 5. The molecule has 4 rings (SSSR count). The van der Waals surface area contributed by atoms with Crippen LogP contribution in [-0.2, 0) is 4.79 Å². The van der Waals surface area contributed by atoms with E-state index < -0.39 is 18.4 Å². The molecule has 10 nitrogen and oxygen atoms in total. The van der Waals surface area contributed by atoms with Gasteiger partial charge in [-0.2, -0.15) is 5.10 Å². The largest absolute Gasteiger partial charge is 0.483 e. The first-order chi connectivity index (χ1) is 15.8. The van der Waals surface area contributed by atoms with Gasteiger partial charge in [0, 0.05) is 51.2 Å². The predicted molar refractivity (Wildman–Crippen MR) is 119 cm³/mol. The third kappa shape index (κ3) is 5.59. The van der Waals surface area contributed by atoms with E-state index in [9.17, 15) is 13.6 Å². The number of aromatic nitrogens is 4. The number of carbonyl (C=O) groups is 2. The number of aromatic amines is 1. The number of nitrogens with one attached hydrogen (secondary N) is 2. The SMILES string of the molecule is CN(C)c1ccc(C(=O)Nc2c(-c3ccn[nH]3)ccnc2N2CCC(F)(F)C2)cn1.O=CO. The van der Waals surface area contributed by atoms with Gasteiger partial charge < -0.3 is 20.2 Å². The van der Waals surface area contributed by atoms with Crippen molar-refractivity contribution >= 4 is 29.7 Å². The maximum Gasteiger partial charge on any atom is 0.290 e. The van der Waals surface area contributed by atoms with Crippen molar-refractivity contribution in [2.75, 3.05) is 42.3 Å². The molecule has 3 aromatic heterocycles. The molecule has 0 aromatic carbocycles. The lowest BCUT2D eigenvalue weighted by molar-refractivity contribution is -0.122. The van der Waals surface area contributed by atoms with E-state index in [-0.39, 0.29) is 19.4 Å². The zero-order valence-corrected chi connectivity index (χ0v) is 18.0. The molecular weight excluding hydrogens is 436 g/mol. The second kappa shape index (κ2) is 10.0. The molecule has 0 radical (unpaired) electrons. The molecule has 3 N–H and O–H groups in total. The number of anilines is 3. The van der Waals surface area contributed by atoms with Crippen molar-refractivity contribution in [2.24, 2.45) is 0 Å². The van der Waals surface area contributed by atoms with E-state index in [0.717, 1.165) is 0 Å². The van der Waals surface area contributed by atoms with Crippen LogP contribution in [-0.4, -0.2) is 70.8 Å². The highest BCUT2D eigenvalue weighted by molar-refractivity contribution is 6.08. The van der Waals surface area contributed by atoms with Crippen molar-refractivity contribution < 1.29 is 23.5 Å². The maximum absolute atomic E-state index is 13.8. The molecule has 1 aliphatic heterocycles. The molecule has 1 fully saturated rings. The van der Waals surface area contributed by atoms with Gasteiger partial charge in [-0.25, -0.2) is 18.7 Å². The summed E-state index contributed by atoms with van der Waals surface area (Å²) in [5, 5.41) is 16.5. The zero-order chi connectivity index (χ0) is 24.0. The minimum atomic E-state index is -2.79. The number of alkyl halides is 2. The van der Waals surface area contributed by atoms with Crippen LogP contribution in [0.3, 0.4) is 0 Å². The molecule has 0 aliphatic carbocycles. The summed E-state index contributed by atoms with van der Waals surface area (Å²) >= 11 is 0. The number of hydrogen-bond donors (Lipinski definition) is 3. The number of carboxylic acid groups (broad SMARTS) is 1. The summed E-state index contributed by atoms with van der Waals surface area (Å²) in [6.45, 7) is -0.553. The molecule has 0 spiro atoms. The first-order valence-corrected chi connectivity index (χ1v) is 9.90. The highest BCUT2D eigenvalue weighted by Gasteiger charge is 2.40.